The number of aromatic hydroxyl groups is 2. The predicted molar refractivity (Wildman–Crippen MR) is 73.7 cm³/mol. The van der Waals surface area contributed by atoms with Gasteiger partial charge in [-0.1, -0.05) is 13.8 Å². The van der Waals surface area contributed by atoms with Crippen LogP contribution < -0.4 is 5.73 Å². The maximum absolute atomic E-state index is 9.50. The average molecular weight is 252 g/mol. The van der Waals surface area contributed by atoms with Gasteiger partial charge in [0.2, 0.25) is 0 Å². The summed E-state index contributed by atoms with van der Waals surface area (Å²) in [7, 11) is 2.02. The van der Waals surface area contributed by atoms with E-state index in [1.54, 1.807) is 12.1 Å². The van der Waals surface area contributed by atoms with E-state index < -0.39 is 0 Å². The summed E-state index contributed by atoms with van der Waals surface area (Å²) >= 11 is 0. The highest BCUT2D eigenvalue weighted by Crippen LogP contribution is 2.29. The molecule has 0 saturated carbocycles. The van der Waals surface area contributed by atoms with Crippen LogP contribution in [0.1, 0.15) is 32.4 Å². The largest absolute Gasteiger partial charge is 0.508 e. The standard InChI is InChI=1S/C14H24N2O2/c1-10(16(4)9-14(2,3)8-15)11-5-12(17)7-13(18)6-11/h5-7,10,17-18H,8-9,15H2,1-4H3. The molecule has 4 N–H and O–H groups in total. The second-order valence-electron chi connectivity index (χ2n) is 5.74. The molecule has 102 valence electrons. The Hall–Kier alpha value is -1.26. The van der Waals surface area contributed by atoms with Crippen LogP contribution in [0.5, 0.6) is 11.5 Å². The normalized spacial score (nSPS) is 13.9. The molecule has 0 radical (unpaired) electrons. The van der Waals surface area contributed by atoms with Crippen molar-refractivity contribution in [2.45, 2.75) is 26.8 Å². The minimum atomic E-state index is 0.0435. The highest BCUT2D eigenvalue weighted by atomic mass is 16.3. The third-order valence-electron chi connectivity index (χ3n) is 3.30. The van der Waals surface area contributed by atoms with Crippen LogP contribution >= 0.6 is 0 Å². The summed E-state index contributed by atoms with van der Waals surface area (Å²) in [6.45, 7) is 7.75. The Morgan fingerprint density at radius 1 is 1.22 bits per heavy atom. The van der Waals surface area contributed by atoms with Crippen molar-refractivity contribution in [3.63, 3.8) is 0 Å². The van der Waals surface area contributed by atoms with Crippen molar-refractivity contribution in [3.05, 3.63) is 23.8 Å². The van der Waals surface area contributed by atoms with Crippen LogP contribution in [-0.4, -0.2) is 35.3 Å². The number of nitrogens with two attached hydrogens (primary N) is 1. The summed E-state index contributed by atoms with van der Waals surface area (Å²) in [6, 6.07) is 4.79. The first-order valence-corrected chi connectivity index (χ1v) is 6.18. The molecule has 1 rings (SSSR count). The highest BCUT2D eigenvalue weighted by Gasteiger charge is 2.22. The Bertz CT molecular complexity index is 385. The summed E-state index contributed by atoms with van der Waals surface area (Å²) in [5.74, 6) is 0.173. The van der Waals surface area contributed by atoms with E-state index in [0.29, 0.717) is 6.54 Å². The Morgan fingerprint density at radius 3 is 2.17 bits per heavy atom. The number of nitrogens with zero attached hydrogens (tertiary/aromatic N) is 1. The number of phenols is 2. The van der Waals surface area contributed by atoms with Gasteiger partial charge in [0, 0.05) is 18.7 Å². The van der Waals surface area contributed by atoms with Crippen molar-refractivity contribution in [1.82, 2.24) is 4.90 Å². The van der Waals surface area contributed by atoms with Gasteiger partial charge in [0.25, 0.3) is 0 Å². The predicted octanol–water partition coefficient (Wildman–Crippen LogP) is 2.08. The van der Waals surface area contributed by atoms with Gasteiger partial charge in [0.15, 0.2) is 0 Å². The molecule has 1 aromatic rings. The van der Waals surface area contributed by atoms with Crippen molar-refractivity contribution < 1.29 is 10.2 Å². The van der Waals surface area contributed by atoms with Crippen molar-refractivity contribution >= 4 is 0 Å². The Kier molecular flexibility index (Phi) is 4.59. The van der Waals surface area contributed by atoms with E-state index in [0.717, 1.165) is 12.1 Å². The molecule has 0 saturated heterocycles. The Labute approximate surface area is 109 Å². The zero-order valence-electron chi connectivity index (χ0n) is 11.6. The molecule has 1 unspecified atom stereocenters. The van der Waals surface area contributed by atoms with Crippen molar-refractivity contribution in [1.29, 1.82) is 0 Å². The average Bonchev–Trinajstić information content (AvgIpc) is 2.26. The quantitative estimate of drug-likeness (QED) is 0.750. The fourth-order valence-corrected chi connectivity index (χ4v) is 1.99. The van der Waals surface area contributed by atoms with Crippen LogP contribution in [0, 0.1) is 5.41 Å². The molecule has 0 bridgehead atoms. The van der Waals surface area contributed by atoms with Crippen LogP contribution in [0.25, 0.3) is 0 Å². The van der Waals surface area contributed by atoms with Crippen LogP contribution in [0.15, 0.2) is 18.2 Å². The van der Waals surface area contributed by atoms with Gasteiger partial charge in [-0.15, -0.1) is 0 Å². The maximum atomic E-state index is 9.50. The lowest BCUT2D eigenvalue weighted by molar-refractivity contribution is 0.174. The molecule has 4 nitrogen and oxygen atoms in total. The van der Waals surface area contributed by atoms with Gasteiger partial charge >= 0.3 is 0 Å². The van der Waals surface area contributed by atoms with Gasteiger partial charge in [-0.3, -0.25) is 4.90 Å². The third-order valence-corrected chi connectivity index (χ3v) is 3.30. The van der Waals surface area contributed by atoms with Gasteiger partial charge in [-0.05, 0) is 43.6 Å². The molecule has 0 fully saturated rings. The summed E-state index contributed by atoms with van der Waals surface area (Å²) < 4.78 is 0. The molecular formula is C14H24N2O2. The third kappa shape index (κ3) is 3.89. The minimum Gasteiger partial charge on any atom is -0.508 e. The van der Waals surface area contributed by atoms with Crippen LogP contribution in [-0.2, 0) is 0 Å². The zero-order chi connectivity index (χ0) is 13.9. The number of phenolic OH excluding ortho intramolecular Hbond substituents is 2. The number of hydrogen-bond acceptors (Lipinski definition) is 4. The lowest BCUT2D eigenvalue weighted by Gasteiger charge is -2.33. The monoisotopic (exact) mass is 252 g/mol. The molecule has 0 aromatic heterocycles. The first-order chi connectivity index (χ1) is 8.25. The second kappa shape index (κ2) is 5.59. The first-order valence-electron chi connectivity index (χ1n) is 6.18. The van der Waals surface area contributed by atoms with Crippen molar-refractivity contribution in [3.8, 4) is 11.5 Å². The number of rotatable bonds is 5. The Balaban J connectivity index is 2.83. The first kappa shape index (κ1) is 14.8. The summed E-state index contributed by atoms with van der Waals surface area (Å²) in [5, 5.41) is 19.0. The molecule has 0 heterocycles. The van der Waals surface area contributed by atoms with E-state index >= 15 is 0 Å². The smallest absolute Gasteiger partial charge is 0.119 e. The topological polar surface area (TPSA) is 69.7 Å². The summed E-state index contributed by atoms with van der Waals surface area (Å²) in [6.07, 6.45) is 0. The molecule has 18 heavy (non-hydrogen) atoms. The van der Waals surface area contributed by atoms with Gasteiger partial charge < -0.3 is 15.9 Å². The number of hydrogen-bond donors (Lipinski definition) is 3. The van der Waals surface area contributed by atoms with E-state index in [1.165, 1.54) is 6.07 Å². The van der Waals surface area contributed by atoms with Crippen LogP contribution in [0.4, 0.5) is 0 Å². The SMILES string of the molecule is CC(c1cc(O)cc(O)c1)N(C)CC(C)(C)CN. The van der Waals surface area contributed by atoms with Crippen molar-refractivity contribution in [2.75, 3.05) is 20.1 Å². The lowest BCUT2D eigenvalue weighted by Crippen LogP contribution is -2.37. The van der Waals surface area contributed by atoms with Gasteiger partial charge in [0.05, 0.1) is 0 Å². The van der Waals surface area contributed by atoms with E-state index in [1.807, 2.05) is 14.0 Å². The molecule has 1 atom stereocenters. The zero-order valence-corrected chi connectivity index (χ0v) is 11.6. The van der Waals surface area contributed by atoms with Crippen molar-refractivity contribution in [2.24, 2.45) is 11.1 Å². The fourth-order valence-electron chi connectivity index (χ4n) is 1.99. The molecule has 0 amide bonds. The molecule has 0 aliphatic rings. The summed E-state index contributed by atoms with van der Waals surface area (Å²) in [5.41, 5.74) is 6.67. The Morgan fingerprint density at radius 2 is 1.72 bits per heavy atom. The van der Waals surface area contributed by atoms with Crippen LogP contribution in [0.3, 0.4) is 0 Å². The number of benzene rings is 1. The lowest BCUT2D eigenvalue weighted by atomic mass is 9.92. The molecule has 1 aromatic carbocycles. The maximum Gasteiger partial charge on any atom is 0.119 e. The highest BCUT2D eigenvalue weighted by molar-refractivity contribution is 5.37. The molecule has 0 aliphatic carbocycles. The molecule has 4 heteroatoms. The van der Waals surface area contributed by atoms with Gasteiger partial charge in [-0.2, -0.15) is 0 Å². The van der Waals surface area contributed by atoms with Gasteiger partial charge in [-0.25, -0.2) is 0 Å². The van der Waals surface area contributed by atoms with Gasteiger partial charge in [0.1, 0.15) is 11.5 Å². The molecular weight excluding hydrogens is 228 g/mol. The fraction of sp³-hybridized carbons (Fsp3) is 0.571. The molecule has 0 spiro atoms. The van der Waals surface area contributed by atoms with E-state index in [9.17, 15) is 10.2 Å². The van der Waals surface area contributed by atoms with E-state index in [-0.39, 0.29) is 23.0 Å². The van der Waals surface area contributed by atoms with E-state index in [4.69, 9.17) is 5.73 Å². The van der Waals surface area contributed by atoms with Crippen LogP contribution in [0.2, 0.25) is 0 Å². The second-order valence-corrected chi connectivity index (χ2v) is 5.74. The van der Waals surface area contributed by atoms with E-state index in [2.05, 4.69) is 18.7 Å². The molecule has 0 aliphatic heterocycles. The minimum absolute atomic E-state index is 0.0435. The summed E-state index contributed by atoms with van der Waals surface area (Å²) in [4.78, 5) is 2.17.